The van der Waals surface area contributed by atoms with Gasteiger partial charge >= 0.3 is 0 Å². The van der Waals surface area contributed by atoms with E-state index in [1.807, 2.05) is 0 Å². The Labute approximate surface area is 131 Å². The zero-order valence-corrected chi connectivity index (χ0v) is 14.5. The van der Waals surface area contributed by atoms with Crippen molar-refractivity contribution in [2.45, 2.75) is 71.9 Å². The highest BCUT2D eigenvalue weighted by molar-refractivity contribution is 5.78. The molecule has 0 aromatic carbocycles. The normalized spacial score (nSPS) is 17.6. The van der Waals surface area contributed by atoms with Gasteiger partial charge in [-0.1, -0.05) is 26.7 Å². The van der Waals surface area contributed by atoms with Gasteiger partial charge in [0.2, 0.25) is 5.91 Å². The van der Waals surface area contributed by atoms with Gasteiger partial charge in [-0.25, -0.2) is 0 Å². The molecule has 21 heavy (non-hydrogen) atoms. The van der Waals surface area contributed by atoms with Gasteiger partial charge in [-0.05, 0) is 46.2 Å². The molecule has 124 valence electrons. The average molecular weight is 297 g/mol. The van der Waals surface area contributed by atoms with Crippen molar-refractivity contribution in [1.82, 2.24) is 15.1 Å². The van der Waals surface area contributed by atoms with Crippen molar-refractivity contribution in [2.75, 3.05) is 32.7 Å². The molecular weight excluding hydrogens is 262 g/mol. The van der Waals surface area contributed by atoms with E-state index in [1.54, 1.807) is 0 Å². The average Bonchev–Trinajstić information content (AvgIpc) is 2.47. The van der Waals surface area contributed by atoms with Gasteiger partial charge in [0.05, 0.1) is 6.54 Å². The molecule has 0 radical (unpaired) electrons. The zero-order valence-electron chi connectivity index (χ0n) is 14.5. The van der Waals surface area contributed by atoms with E-state index in [0.29, 0.717) is 18.6 Å². The van der Waals surface area contributed by atoms with Gasteiger partial charge in [0, 0.05) is 25.2 Å². The van der Waals surface area contributed by atoms with Crippen molar-refractivity contribution >= 4 is 5.91 Å². The molecule has 1 N–H and O–H groups in total. The third-order valence-electron chi connectivity index (χ3n) is 4.53. The first-order valence-corrected chi connectivity index (χ1v) is 8.82. The summed E-state index contributed by atoms with van der Waals surface area (Å²) in [6.07, 6.45) is 5.86. The van der Waals surface area contributed by atoms with E-state index in [4.69, 9.17) is 0 Å². The minimum absolute atomic E-state index is 0.204. The number of piperidine rings is 1. The summed E-state index contributed by atoms with van der Waals surface area (Å²) in [4.78, 5) is 17.0. The second kappa shape index (κ2) is 10.2. The Morgan fingerprint density at radius 3 is 2.43 bits per heavy atom. The van der Waals surface area contributed by atoms with Gasteiger partial charge in [0.15, 0.2) is 0 Å². The first kappa shape index (κ1) is 18.4. The van der Waals surface area contributed by atoms with E-state index in [1.165, 1.54) is 19.3 Å². The number of carbonyl (C=O) groups excluding carboxylic acids is 1. The molecule has 1 fully saturated rings. The Morgan fingerprint density at radius 2 is 1.90 bits per heavy atom. The summed E-state index contributed by atoms with van der Waals surface area (Å²) < 4.78 is 0. The standard InChI is InChI=1S/C17H35N3O/c1-5-7-8-11-20(15(3)4)14-17(21)18-16-9-12-19(6-2)13-10-16/h15-16H,5-14H2,1-4H3,(H,18,21). The Kier molecular flexibility index (Phi) is 8.93. The van der Waals surface area contributed by atoms with Crippen LogP contribution in [0.5, 0.6) is 0 Å². The van der Waals surface area contributed by atoms with E-state index >= 15 is 0 Å². The number of carbonyl (C=O) groups is 1. The van der Waals surface area contributed by atoms with Crippen LogP contribution in [0.25, 0.3) is 0 Å². The minimum atomic E-state index is 0.204. The highest BCUT2D eigenvalue weighted by atomic mass is 16.2. The second-order valence-electron chi connectivity index (χ2n) is 6.55. The Balaban J connectivity index is 2.29. The quantitative estimate of drug-likeness (QED) is 0.664. The van der Waals surface area contributed by atoms with Crippen molar-refractivity contribution in [3.63, 3.8) is 0 Å². The maximum atomic E-state index is 12.2. The Morgan fingerprint density at radius 1 is 1.24 bits per heavy atom. The molecule has 0 unspecified atom stereocenters. The lowest BCUT2D eigenvalue weighted by atomic mass is 10.1. The third kappa shape index (κ3) is 7.28. The van der Waals surface area contributed by atoms with Crippen LogP contribution in [0, 0.1) is 0 Å². The molecule has 0 aromatic heterocycles. The molecule has 1 aliphatic rings. The molecule has 1 heterocycles. The van der Waals surface area contributed by atoms with E-state index in [0.717, 1.165) is 39.0 Å². The van der Waals surface area contributed by atoms with Crippen molar-refractivity contribution in [3.05, 3.63) is 0 Å². The maximum absolute atomic E-state index is 12.2. The molecule has 0 bridgehead atoms. The van der Waals surface area contributed by atoms with Crippen LogP contribution in [0.4, 0.5) is 0 Å². The third-order valence-corrected chi connectivity index (χ3v) is 4.53. The van der Waals surface area contributed by atoms with Gasteiger partial charge in [0.25, 0.3) is 0 Å². The molecule has 1 amide bonds. The molecule has 0 spiro atoms. The van der Waals surface area contributed by atoms with E-state index in [9.17, 15) is 4.79 Å². The number of nitrogens with zero attached hydrogens (tertiary/aromatic N) is 2. The van der Waals surface area contributed by atoms with Crippen LogP contribution in [-0.4, -0.2) is 60.5 Å². The fourth-order valence-corrected chi connectivity index (χ4v) is 2.94. The predicted octanol–water partition coefficient (Wildman–Crippen LogP) is 2.49. The summed E-state index contributed by atoms with van der Waals surface area (Å²) in [5.41, 5.74) is 0. The van der Waals surface area contributed by atoms with Crippen molar-refractivity contribution < 1.29 is 4.79 Å². The summed E-state index contributed by atoms with van der Waals surface area (Å²) in [6.45, 7) is 13.7. The minimum Gasteiger partial charge on any atom is -0.352 e. The van der Waals surface area contributed by atoms with Gasteiger partial charge in [-0.2, -0.15) is 0 Å². The van der Waals surface area contributed by atoms with Gasteiger partial charge < -0.3 is 10.2 Å². The van der Waals surface area contributed by atoms with Gasteiger partial charge in [-0.3, -0.25) is 9.69 Å². The van der Waals surface area contributed by atoms with Crippen LogP contribution in [0.3, 0.4) is 0 Å². The SMILES string of the molecule is CCCCCN(CC(=O)NC1CCN(CC)CC1)C(C)C. The maximum Gasteiger partial charge on any atom is 0.234 e. The molecule has 0 saturated carbocycles. The molecule has 0 aromatic rings. The Bertz CT molecular complexity index is 286. The van der Waals surface area contributed by atoms with E-state index in [2.05, 4.69) is 42.8 Å². The largest absolute Gasteiger partial charge is 0.352 e. The fourth-order valence-electron chi connectivity index (χ4n) is 2.94. The van der Waals surface area contributed by atoms with Crippen LogP contribution in [0.1, 0.15) is 59.8 Å². The predicted molar refractivity (Wildman–Crippen MR) is 89.5 cm³/mol. The van der Waals surface area contributed by atoms with Crippen LogP contribution >= 0.6 is 0 Å². The first-order valence-electron chi connectivity index (χ1n) is 8.82. The fraction of sp³-hybridized carbons (Fsp3) is 0.941. The highest BCUT2D eigenvalue weighted by Crippen LogP contribution is 2.10. The van der Waals surface area contributed by atoms with Gasteiger partial charge in [0.1, 0.15) is 0 Å². The van der Waals surface area contributed by atoms with Crippen molar-refractivity contribution in [3.8, 4) is 0 Å². The summed E-state index contributed by atoms with van der Waals surface area (Å²) in [5, 5.41) is 3.23. The van der Waals surface area contributed by atoms with Crippen LogP contribution in [-0.2, 0) is 4.79 Å². The number of hydrogen-bond acceptors (Lipinski definition) is 3. The number of rotatable bonds is 9. The molecule has 4 heteroatoms. The summed E-state index contributed by atoms with van der Waals surface area (Å²) in [6, 6.07) is 0.819. The summed E-state index contributed by atoms with van der Waals surface area (Å²) >= 11 is 0. The van der Waals surface area contributed by atoms with Crippen molar-refractivity contribution in [2.24, 2.45) is 0 Å². The smallest absolute Gasteiger partial charge is 0.234 e. The molecule has 0 aliphatic carbocycles. The highest BCUT2D eigenvalue weighted by Gasteiger charge is 2.21. The van der Waals surface area contributed by atoms with Crippen LogP contribution in [0.15, 0.2) is 0 Å². The molecule has 0 atom stereocenters. The lowest BCUT2D eigenvalue weighted by molar-refractivity contribution is -0.123. The number of hydrogen-bond donors (Lipinski definition) is 1. The van der Waals surface area contributed by atoms with Crippen molar-refractivity contribution in [1.29, 1.82) is 0 Å². The lowest BCUT2D eigenvalue weighted by Crippen LogP contribution is -2.48. The second-order valence-corrected chi connectivity index (χ2v) is 6.55. The molecule has 4 nitrogen and oxygen atoms in total. The number of likely N-dealkylation sites (tertiary alicyclic amines) is 1. The molecular formula is C17H35N3O. The van der Waals surface area contributed by atoms with Crippen LogP contribution < -0.4 is 5.32 Å². The number of amides is 1. The van der Waals surface area contributed by atoms with E-state index < -0.39 is 0 Å². The Hall–Kier alpha value is -0.610. The monoisotopic (exact) mass is 297 g/mol. The summed E-state index contributed by atoms with van der Waals surface area (Å²) in [5.74, 6) is 0.204. The number of unbranched alkanes of at least 4 members (excludes halogenated alkanes) is 2. The first-order chi connectivity index (χ1) is 10.1. The molecule has 1 rings (SSSR count). The lowest BCUT2D eigenvalue weighted by Gasteiger charge is -2.32. The zero-order chi connectivity index (χ0) is 15.7. The topological polar surface area (TPSA) is 35.6 Å². The summed E-state index contributed by atoms with van der Waals surface area (Å²) in [7, 11) is 0. The molecule has 1 aliphatic heterocycles. The number of nitrogens with one attached hydrogen (secondary N) is 1. The van der Waals surface area contributed by atoms with Crippen LogP contribution in [0.2, 0.25) is 0 Å². The molecule has 1 saturated heterocycles. The van der Waals surface area contributed by atoms with Gasteiger partial charge in [-0.15, -0.1) is 0 Å². The van der Waals surface area contributed by atoms with E-state index in [-0.39, 0.29) is 5.91 Å².